The Balaban J connectivity index is 2.79. The minimum atomic E-state index is -0.907. The Morgan fingerprint density at radius 2 is 2.24 bits per heavy atom. The summed E-state index contributed by atoms with van der Waals surface area (Å²) in [5.41, 5.74) is 1.95. The normalized spacial score (nSPS) is 12.2. The van der Waals surface area contributed by atoms with E-state index in [2.05, 4.69) is 12.2 Å². The van der Waals surface area contributed by atoms with Gasteiger partial charge in [0.25, 0.3) is 0 Å². The number of hydrogen-bond donors (Lipinski definition) is 2. The molecule has 0 bridgehead atoms. The summed E-state index contributed by atoms with van der Waals surface area (Å²) < 4.78 is 5.04. The van der Waals surface area contributed by atoms with Crippen LogP contribution in [0.25, 0.3) is 0 Å². The summed E-state index contributed by atoms with van der Waals surface area (Å²) in [5.74, 6) is -0.572. The highest BCUT2D eigenvalue weighted by Gasteiger charge is 2.12. The average Bonchev–Trinajstić information content (AvgIpc) is 2.27. The second-order valence-electron chi connectivity index (χ2n) is 4.24. The topological polar surface area (TPSA) is 58.6 Å². The molecular weight excluding hydrogens is 218 g/mol. The van der Waals surface area contributed by atoms with Gasteiger partial charge in [-0.15, -0.1) is 0 Å². The number of aryl methyl sites for hydroxylation is 1. The second-order valence-corrected chi connectivity index (χ2v) is 4.24. The number of carboxylic acids is 1. The molecule has 0 saturated heterocycles. The number of rotatable bonds is 6. The summed E-state index contributed by atoms with van der Waals surface area (Å²) >= 11 is 0. The highest BCUT2D eigenvalue weighted by molar-refractivity contribution is 5.95. The first-order valence-corrected chi connectivity index (χ1v) is 5.62. The maximum Gasteiger partial charge on any atom is 0.337 e. The van der Waals surface area contributed by atoms with Crippen LogP contribution in [0.1, 0.15) is 22.8 Å². The number of hydrogen-bond acceptors (Lipinski definition) is 3. The van der Waals surface area contributed by atoms with Crippen molar-refractivity contribution in [2.24, 2.45) is 5.92 Å². The van der Waals surface area contributed by atoms with Crippen molar-refractivity contribution in [1.82, 2.24) is 0 Å². The standard InChI is InChI=1S/C13H19NO3/c1-9(8-17-3)7-14-12-10(2)5-4-6-11(12)13(15)16/h4-6,9,14H,7-8H2,1-3H3,(H,15,16). The van der Waals surface area contributed by atoms with Crippen molar-refractivity contribution in [2.45, 2.75) is 13.8 Å². The Hall–Kier alpha value is -1.55. The van der Waals surface area contributed by atoms with Crippen molar-refractivity contribution < 1.29 is 14.6 Å². The van der Waals surface area contributed by atoms with E-state index in [9.17, 15) is 4.79 Å². The number of nitrogens with one attached hydrogen (secondary N) is 1. The SMILES string of the molecule is COCC(C)CNc1c(C)cccc1C(=O)O. The van der Waals surface area contributed by atoms with Gasteiger partial charge >= 0.3 is 5.97 Å². The molecule has 0 saturated carbocycles. The maximum atomic E-state index is 11.1. The summed E-state index contributed by atoms with van der Waals surface area (Å²) in [6.07, 6.45) is 0. The van der Waals surface area contributed by atoms with Gasteiger partial charge in [0.1, 0.15) is 0 Å². The van der Waals surface area contributed by atoms with Crippen LogP contribution in [0.4, 0.5) is 5.69 Å². The average molecular weight is 237 g/mol. The van der Waals surface area contributed by atoms with E-state index in [1.54, 1.807) is 19.2 Å². The van der Waals surface area contributed by atoms with E-state index in [4.69, 9.17) is 9.84 Å². The minimum Gasteiger partial charge on any atom is -0.478 e. The summed E-state index contributed by atoms with van der Waals surface area (Å²) in [6, 6.07) is 5.26. The van der Waals surface area contributed by atoms with E-state index in [-0.39, 0.29) is 0 Å². The smallest absolute Gasteiger partial charge is 0.337 e. The highest BCUT2D eigenvalue weighted by Crippen LogP contribution is 2.20. The molecule has 0 aliphatic heterocycles. The molecule has 4 heteroatoms. The number of methoxy groups -OCH3 is 1. The number of anilines is 1. The van der Waals surface area contributed by atoms with E-state index in [0.29, 0.717) is 30.3 Å². The Labute approximate surface area is 102 Å². The van der Waals surface area contributed by atoms with Gasteiger partial charge in [-0.25, -0.2) is 4.79 Å². The monoisotopic (exact) mass is 237 g/mol. The quantitative estimate of drug-likeness (QED) is 0.797. The van der Waals surface area contributed by atoms with Gasteiger partial charge in [-0.05, 0) is 24.5 Å². The van der Waals surface area contributed by atoms with Crippen LogP contribution < -0.4 is 5.32 Å². The molecule has 0 heterocycles. The van der Waals surface area contributed by atoms with Crippen molar-refractivity contribution in [3.63, 3.8) is 0 Å². The summed E-state index contributed by atoms with van der Waals surface area (Å²) in [6.45, 7) is 5.30. The molecule has 1 rings (SSSR count). The van der Waals surface area contributed by atoms with Gasteiger partial charge in [-0.2, -0.15) is 0 Å². The van der Waals surface area contributed by atoms with Crippen LogP contribution in [0.15, 0.2) is 18.2 Å². The Bertz CT molecular complexity index is 390. The number of para-hydroxylation sites is 1. The summed E-state index contributed by atoms with van der Waals surface area (Å²) in [4.78, 5) is 11.1. The third-order valence-electron chi connectivity index (χ3n) is 2.58. The number of aromatic carboxylic acids is 1. The zero-order valence-electron chi connectivity index (χ0n) is 10.5. The molecule has 0 aliphatic carbocycles. The van der Waals surface area contributed by atoms with E-state index in [0.717, 1.165) is 5.56 Å². The molecule has 1 aromatic rings. The number of ether oxygens (including phenoxy) is 1. The van der Waals surface area contributed by atoms with Crippen LogP contribution in [0.3, 0.4) is 0 Å². The molecule has 0 aromatic heterocycles. The Morgan fingerprint density at radius 1 is 1.53 bits per heavy atom. The van der Waals surface area contributed by atoms with E-state index in [1.807, 2.05) is 13.0 Å². The van der Waals surface area contributed by atoms with Crippen molar-refractivity contribution in [2.75, 3.05) is 25.6 Å². The van der Waals surface area contributed by atoms with Gasteiger partial charge in [-0.3, -0.25) is 0 Å². The first-order valence-electron chi connectivity index (χ1n) is 5.62. The first-order chi connectivity index (χ1) is 8.06. The fraction of sp³-hybridized carbons (Fsp3) is 0.462. The van der Waals surface area contributed by atoms with E-state index in [1.165, 1.54) is 0 Å². The fourth-order valence-corrected chi connectivity index (χ4v) is 1.70. The molecular formula is C13H19NO3. The molecule has 0 spiro atoms. The molecule has 4 nitrogen and oxygen atoms in total. The number of carbonyl (C=O) groups is 1. The Kier molecular flexibility index (Phi) is 4.97. The highest BCUT2D eigenvalue weighted by atomic mass is 16.5. The van der Waals surface area contributed by atoms with Gasteiger partial charge in [0.05, 0.1) is 17.9 Å². The van der Waals surface area contributed by atoms with Crippen molar-refractivity contribution >= 4 is 11.7 Å². The summed E-state index contributed by atoms with van der Waals surface area (Å²) in [5, 5.41) is 12.3. The van der Waals surface area contributed by atoms with Gasteiger partial charge < -0.3 is 15.2 Å². The van der Waals surface area contributed by atoms with Crippen molar-refractivity contribution in [3.05, 3.63) is 29.3 Å². The lowest BCUT2D eigenvalue weighted by Crippen LogP contribution is -2.18. The molecule has 0 radical (unpaired) electrons. The van der Waals surface area contributed by atoms with Gasteiger partial charge in [0.15, 0.2) is 0 Å². The molecule has 2 N–H and O–H groups in total. The third kappa shape index (κ3) is 3.75. The first kappa shape index (κ1) is 13.5. The summed E-state index contributed by atoms with van der Waals surface area (Å²) in [7, 11) is 1.66. The predicted molar refractivity (Wildman–Crippen MR) is 67.7 cm³/mol. The Morgan fingerprint density at radius 3 is 2.82 bits per heavy atom. The molecule has 1 atom stereocenters. The van der Waals surface area contributed by atoms with E-state index < -0.39 is 5.97 Å². The molecule has 0 amide bonds. The molecule has 17 heavy (non-hydrogen) atoms. The zero-order chi connectivity index (χ0) is 12.8. The lowest BCUT2D eigenvalue weighted by Gasteiger charge is -2.16. The van der Waals surface area contributed by atoms with Crippen LogP contribution in [0, 0.1) is 12.8 Å². The van der Waals surface area contributed by atoms with Crippen LogP contribution >= 0.6 is 0 Å². The fourth-order valence-electron chi connectivity index (χ4n) is 1.70. The predicted octanol–water partition coefficient (Wildman–Crippen LogP) is 2.39. The van der Waals surface area contributed by atoms with Gasteiger partial charge in [0, 0.05) is 13.7 Å². The second kappa shape index (κ2) is 6.25. The lowest BCUT2D eigenvalue weighted by molar-refractivity contribution is 0.0698. The zero-order valence-corrected chi connectivity index (χ0v) is 10.5. The number of benzene rings is 1. The largest absolute Gasteiger partial charge is 0.478 e. The van der Waals surface area contributed by atoms with Crippen molar-refractivity contribution in [1.29, 1.82) is 0 Å². The molecule has 0 fully saturated rings. The minimum absolute atomic E-state index is 0.314. The molecule has 1 aromatic carbocycles. The molecule has 1 unspecified atom stereocenters. The van der Waals surface area contributed by atoms with Crippen LogP contribution in [0.2, 0.25) is 0 Å². The maximum absolute atomic E-state index is 11.1. The van der Waals surface area contributed by atoms with E-state index >= 15 is 0 Å². The van der Waals surface area contributed by atoms with Crippen LogP contribution in [-0.4, -0.2) is 31.3 Å². The van der Waals surface area contributed by atoms with Crippen LogP contribution in [0.5, 0.6) is 0 Å². The van der Waals surface area contributed by atoms with Crippen LogP contribution in [-0.2, 0) is 4.74 Å². The third-order valence-corrected chi connectivity index (χ3v) is 2.58. The molecule has 0 aliphatic rings. The van der Waals surface area contributed by atoms with Crippen molar-refractivity contribution in [3.8, 4) is 0 Å². The molecule has 94 valence electrons. The lowest BCUT2D eigenvalue weighted by atomic mass is 10.1. The van der Waals surface area contributed by atoms with Gasteiger partial charge in [-0.1, -0.05) is 19.1 Å². The number of carboxylic acid groups (broad SMARTS) is 1. The van der Waals surface area contributed by atoms with Gasteiger partial charge in [0.2, 0.25) is 0 Å².